The van der Waals surface area contributed by atoms with E-state index < -0.39 is 12.0 Å². The first-order valence-electron chi connectivity index (χ1n) is 6.36. The van der Waals surface area contributed by atoms with Crippen molar-refractivity contribution in [3.63, 3.8) is 0 Å². The molecule has 0 spiro atoms. The lowest BCUT2D eigenvalue weighted by molar-refractivity contribution is -0.139. The van der Waals surface area contributed by atoms with E-state index in [1.54, 1.807) is 0 Å². The maximum Gasteiger partial charge on any atom is 0.320 e. The molecule has 0 fully saturated rings. The number of likely N-dealkylation sites (N-methyl/N-ethyl adjacent to an activating group) is 1. The first-order chi connectivity index (χ1) is 7.70. The molecule has 0 saturated heterocycles. The average molecular weight is 244 g/mol. The van der Waals surface area contributed by atoms with Gasteiger partial charge in [-0.2, -0.15) is 0 Å². The molecule has 2 unspecified atom stereocenters. The average Bonchev–Trinajstić information content (AvgIpc) is 2.20. The van der Waals surface area contributed by atoms with E-state index in [1.165, 1.54) is 0 Å². The predicted octanol–water partition coefficient (Wildman–Crippen LogP) is 1.81. The number of hydrogen-bond acceptors (Lipinski definition) is 3. The Kier molecular flexibility index (Phi) is 6.72. The third-order valence-corrected chi connectivity index (χ3v) is 3.43. The van der Waals surface area contributed by atoms with Gasteiger partial charge in [-0.3, -0.25) is 4.79 Å². The summed E-state index contributed by atoms with van der Waals surface area (Å²) in [6, 6.07) is -0.00631. The Morgan fingerprint density at radius 3 is 2.29 bits per heavy atom. The SMILES string of the molecule is CCNC(CCN(C)C(C)C(C)(C)C)C(=O)O. The fraction of sp³-hybridized carbons (Fsp3) is 0.923. The first kappa shape index (κ1) is 16.4. The molecule has 0 rings (SSSR count). The van der Waals surface area contributed by atoms with Crippen LogP contribution >= 0.6 is 0 Å². The molecule has 17 heavy (non-hydrogen) atoms. The number of rotatable bonds is 7. The Bertz CT molecular complexity index is 236. The summed E-state index contributed by atoms with van der Waals surface area (Å²) >= 11 is 0. The highest BCUT2D eigenvalue weighted by molar-refractivity contribution is 5.73. The Hall–Kier alpha value is -0.610. The smallest absolute Gasteiger partial charge is 0.320 e. The first-order valence-corrected chi connectivity index (χ1v) is 6.36. The minimum Gasteiger partial charge on any atom is -0.480 e. The molecule has 4 nitrogen and oxygen atoms in total. The van der Waals surface area contributed by atoms with Crippen molar-refractivity contribution in [3.05, 3.63) is 0 Å². The minimum absolute atomic E-state index is 0.214. The molecule has 0 aliphatic heterocycles. The van der Waals surface area contributed by atoms with E-state index in [2.05, 4.69) is 45.0 Å². The predicted molar refractivity (Wildman–Crippen MR) is 71.3 cm³/mol. The molecule has 2 N–H and O–H groups in total. The number of carbonyl (C=O) groups is 1. The van der Waals surface area contributed by atoms with Crippen molar-refractivity contribution >= 4 is 5.97 Å². The quantitative estimate of drug-likeness (QED) is 0.717. The van der Waals surface area contributed by atoms with Crippen molar-refractivity contribution in [3.8, 4) is 0 Å². The fourth-order valence-electron chi connectivity index (χ4n) is 1.75. The van der Waals surface area contributed by atoms with E-state index in [0.29, 0.717) is 19.0 Å². The zero-order valence-corrected chi connectivity index (χ0v) is 12.1. The monoisotopic (exact) mass is 244 g/mol. The minimum atomic E-state index is -0.760. The topological polar surface area (TPSA) is 52.6 Å². The van der Waals surface area contributed by atoms with Gasteiger partial charge in [-0.25, -0.2) is 0 Å². The molecule has 0 aliphatic carbocycles. The van der Waals surface area contributed by atoms with Crippen molar-refractivity contribution in [1.29, 1.82) is 0 Å². The van der Waals surface area contributed by atoms with E-state index in [1.807, 2.05) is 6.92 Å². The Morgan fingerprint density at radius 1 is 1.41 bits per heavy atom. The van der Waals surface area contributed by atoms with Gasteiger partial charge in [-0.15, -0.1) is 0 Å². The molecule has 4 heteroatoms. The van der Waals surface area contributed by atoms with Crippen molar-refractivity contribution in [1.82, 2.24) is 10.2 Å². The summed E-state index contributed by atoms with van der Waals surface area (Å²) in [6.45, 7) is 12.2. The maximum absolute atomic E-state index is 11.0. The number of nitrogens with zero attached hydrogens (tertiary/aromatic N) is 1. The van der Waals surface area contributed by atoms with Crippen LogP contribution in [-0.2, 0) is 4.79 Å². The lowest BCUT2D eigenvalue weighted by atomic mass is 9.87. The molecule has 0 radical (unpaired) electrons. The molecule has 2 atom stereocenters. The molecule has 0 aromatic heterocycles. The van der Waals surface area contributed by atoms with Gasteiger partial charge in [0, 0.05) is 12.6 Å². The van der Waals surface area contributed by atoms with E-state index in [0.717, 1.165) is 6.54 Å². The molecule has 0 aromatic rings. The molecule has 0 saturated carbocycles. The van der Waals surface area contributed by atoms with Crippen LogP contribution in [0.25, 0.3) is 0 Å². The van der Waals surface area contributed by atoms with Gasteiger partial charge in [-0.05, 0) is 32.4 Å². The zero-order chi connectivity index (χ0) is 13.6. The third kappa shape index (κ3) is 6.03. The van der Waals surface area contributed by atoms with Crippen LogP contribution in [0.1, 0.15) is 41.0 Å². The second-order valence-corrected chi connectivity index (χ2v) is 5.76. The zero-order valence-electron chi connectivity index (χ0n) is 12.1. The molecule has 0 bridgehead atoms. The summed E-state index contributed by atoms with van der Waals surface area (Å²) in [5, 5.41) is 12.0. The van der Waals surface area contributed by atoms with Crippen molar-refractivity contribution in [2.45, 2.75) is 53.1 Å². The van der Waals surface area contributed by atoms with Crippen molar-refractivity contribution in [2.24, 2.45) is 5.41 Å². The lowest BCUT2D eigenvalue weighted by Gasteiger charge is -2.35. The Balaban J connectivity index is 4.21. The molecule has 0 heterocycles. The fourth-order valence-corrected chi connectivity index (χ4v) is 1.75. The summed E-state index contributed by atoms with van der Waals surface area (Å²) in [5.74, 6) is -0.760. The standard InChI is InChI=1S/C13H28N2O2/c1-7-14-11(12(16)17)8-9-15(6)10(2)13(3,4)5/h10-11,14H,7-9H2,1-6H3,(H,16,17). The molecule has 0 aromatic carbocycles. The van der Waals surface area contributed by atoms with Gasteiger partial charge in [0.05, 0.1) is 0 Å². The number of aliphatic carboxylic acids is 1. The lowest BCUT2D eigenvalue weighted by Crippen LogP contribution is -2.44. The number of carboxylic acid groups (broad SMARTS) is 1. The van der Waals surface area contributed by atoms with Crippen LogP contribution < -0.4 is 5.32 Å². The molecular formula is C13H28N2O2. The Labute approximate surface area is 105 Å². The highest BCUT2D eigenvalue weighted by atomic mass is 16.4. The second kappa shape index (κ2) is 6.97. The number of carboxylic acids is 1. The highest BCUT2D eigenvalue weighted by Gasteiger charge is 2.25. The van der Waals surface area contributed by atoms with Crippen LogP contribution in [0.15, 0.2) is 0 Å². The molecule has 0 aliphatic rings. The van der Waals surface area contributed by atoms with E-state index in [9.17, 15) is 4.79 Å². The molecule has 102 valence electrons. The number of nitrogens with one attached hydrogen (secondary N) is 1. The summed E-state index contributed by atoms with van der Waals surface area (Å²) in [7, 11) is 2.06. The van der Waals surface area contributed by atoms with Crippen LogP contribution in [0.2, 0.25) is 0 Å². The van der Waals surface area contributed by atoms with Gasteiger partial charge in [0.15, 0.2) is 0 Å². The summed E-state index contributed by atoms with van der Waals surface area (Å²) in [5.41, 5.74) is 0.214. The Morgan fingerprint density at radius 2 is 1.94 bits per heavy atom. The van der Waals surface area contributed by atoms with Crippen LogP contribution in [0.4, 0.5) is 0 Å². The third-order valence-electron chi connectivity index (χ3n) is 3.43. The van der Waals surface area contributed by atoms with Crippen molar-refractivity contribution in [2.75, 3.05) is 20.1 Å². The van der Waals surface area contributed by atoms with Crippen LogP contribution in [0, 0.1) is 5.41 Å². The van der Waals surface area contributed by atoms with Crippen LogP contribution in [0.5, 0.6) is 0 Å². The van der Waals surface area contributed by atoms with Gasteiger partial charge in [-0.1, -0.05) is 27.7 Å². The summed E-state index contributed by atoms with van der Waals surface area (Å²) < 4.78 is 0. The molecule has 0 amide bonds. The van der Waals surface area contributed by atoms with E-state index in [4.69, 9.17) is 5.11 Å². The van der Waals surface area contributed by atoms with Gasteiger partial charge >= 0.3 is 5.97 Å². The second-order valence-electron chi connectivity index (χ2n) is 5.76. The normalized spacial score (nSPS) is 15.9. The molecular weight excluding hydrogens is 216 g/mol. The maximum atomic E-state index is 11.0. The van der Waals surface area contributed by atoms with Gasteiger partial charge in [0.25, 0.3) is 0 Å². The van der Waals surface area contributed by atoms with Gasteiger partial charge < -0.3 is 15.3 Å². The van der Waals surface area contributed by atoms with Gasteiger partial charge in [0.2, 0.25) is 0 Å². The summed E-state index contributed by atoms with van der Waals surface area (Å²) in [4.78, 5) is 13.2. The van der Waals surface area contributed by atoms with E-state index in [-0.39, 0.29) is 5.41 Å². The summed E-state index contributed by atoms with van der Waals surface area (Å²) in [6.07, 6.45) is 0.639. The van der Waals surface area contributed by atoms with Crippen LogP contribution in [0.3, 0.4) is 0 Å². The van der Waals surface area contributed by atoms with Crippen LogP contribution in [-0.4, -0.2) is 48.2 Å². The highest BCUT2D eigenvalue weighted by Crippen LogP contribution is 2.23. The van der Waals surface area contributed by atoms with Crippen molar-refractivity contribution < 1.29 is 9.90 Å². The van der Waals surface area contributed by atoms with E-state index >= 15 is 0 Å². The largest absolute Gasteiger partial charge is 0.480 e. The number of hydrogen-bond donors (Lipinski definition) is 2. The van der Waals surface area contributed by atoms with Gasteiger partial charge in [0.1, 0.15) is 6.04 Å².